The Kier molecular flexibility index (Phi) is 5.45. The van der Waals surface area contributed by atoms with Gasteiger partial charge in [0.15, 0.2) is 0 Å². The molecule has 3 rings (SSSR count). The molecule has 0 aliphatic heterocycles. The lowest BCUT2D eigenvalue weighted by atomic mass is 10.1. The predicted octanol–water partition coefficient (Wildman–Crippen LogP) is 3.86. The molecule has 0 spiro atoms. The Bertz CT molecular complexity index is 1100. The van der Waals surface area contributed by atoms with E-state index in [2.05, 4.69) is 10.6 Å². The average Bonchev–Trinajstić information content (AvgIpc) is 2.67. The summed E-state index contributed by atoms with van der Waals surface area (Å²) in [6, 6.07) is 18.9. The van der Waals surface area contributed by atoms with Gasteiger partial charge in [-0.2, -0.15) is 0 Å². The largest absolute Gasteiger partial charge is 0.322 e. The van der Waals surface area contributed by atoms with Gasteiger partial charge in [-0.1, -0.05) is 48.5 Å². The zero-order valence-electron chi connectivity index (χ0n) is 15.0. The van der Waals surface area contributed by atoms with Crippen LogP contribution in [0.4, 0.5) is 11.4 Å². The Hall–Kier alpha value is -4.00. The number of hydrogen-bond donors (Lipinski definition) is 2. The second-order valence-electron chi connectivity index (χ2n) is 6.07. The van der Waals surface area contributed by atoms with Gasteiger partial charge in [-0.15, -0.1) is 0 Å². The van der Waals surface area contributed by atoms with Crippen molar-refractivity contribution in [3.05, 3.63) is 88.1 Å². The minimum Gasteiger partial charge on any atom is -0.322 e. The minimum atomic E-state index is -0.530. The highest BCUT2D eigenvalue weighted by molar-refractivity contribution is 6.11. The molecule has 0 saturated heterocycles. The van der Waals surface area contributed by atoms with E-state index in [1.165, 1.54) is 31.2 Å². The molecule has 28 heavy (non-hydrogen) atoms. The van der Waals surface area contributed by atoms with Gasteiger partial charge in [-0.3, -0.25) is 19.7 Å². The monoisotopic (exact) mass is 375 g/mol. The van der Waals surface area contributed by atoms with Crippen molar-refractivity contribution < 1.29 is 14.5 Å². The number of benzene rings is 3. The summed E-state index contributed by atoms with van der Waals surface area (Å²) in [6.07, 6.45) is 1.40. The summed E-state index contributed by atoms with van der Waals surface area (Å²) >= 11 is 0. The van der Waals surface area contributed by atoms with Crippen LogP contribution in [0.2, 0.25) is 0 Å². The third-order valence-electron chi connectivity index (χ3n) is 3.99. The molecule has 7 heteroatoms. The highest BCUT2D eigenvalue weighted by Crippen LogP contribution is 2.23. The highest BCUT2D eigenvalue weighted by atomic mass is 16.6. The Morgan fingerprint density at radius 1 is 1.00 bits per heavy atom. The van der Waals surface area contributed by atoms with Gasteiger partial charge in [0.05, 0.1) is 4.92 Å². The fraction of sp³-hybridized carbons (Fsp3) is 0.0476. The number of nitro benzene ring substituents is 1. The molecule has 0 bridgehead atoms. The van der Waals surface area contributed by atoms with Crippen LogP contribution in [0.15, 0.2) is 72.4 Å². The van der Waals surface area contributed by atoms with Crippen molar-refractivity contribution in [2.75, 3.05) is 5.32 Å². The Labute approximate surface area is 160 Å². The lowest BCUT2D eigenvalue weighted by Crippen LogP contribution is -2.29. The average molecular weight is 375 g/mol. The van der Waals surface area contributed by atoms with E-state index in [9.17, 15) is 19.7 Å². The van der Waals surface area contributed by atoms with Crippen molar-refractivity contribution in [2.45, 2.75) is 6.92 Å². The van der Waals surface area contributed by atoms with Crippen LogP contribution in [0, 0.1) is 10.1 Å². The van der Waals surface area contributed by atoms with Gasteiger partial charge in [0, 0.05) is 30.1 Å². The van der Waals surface area contributed by atoms with E-state index in [4.69, 9.17) is 0 Å². The number of non-ortho nitro benzene ring substituents is 1. The molecule has 0 heterocycles. The van der Waals surface area contributed by atoms with Crippen molar-refractivity contribution >= 4 is 40.0 Å². The van der Waals surface area contributed by atoms with Gasteiger partial charge in [0.1, 0.15) is 5.70 Å². The van der Waals surface area contributed by atoms with Crippen LogP contribution in [0.3, 0.4) is 0 Å². The van der Waals surface area contributed by atoms with Crippen molar-refractivity contribution in [2.24, 2.45) is 0 Å². The number of nitrogens with zero attached hydrogens (tertiary/aromatic N) is 1. The van der Waals surface area contributed by atoms with Gasteiger partial charge in [-0.25, -0.2) is 0 Å². The second-order valence-corrected chi connectivity index (χ2v) is 6.07. The number of carbonyl (C=O) groups is 2. The number of nitro groups is 1. The molecular weight excluding hydrogens is 358 g/mol. The first kappa shape index (κ1) is 18.8. The van der Waals surface area contributed by atoms with Crippen molar-refractivity contribution in [3.63, 3.8) is 0 Å². The van der Waals surface area contributed by atoms with Crippen LogP contribution < -0.4 is 10.6 Å². The number of fused-ring (bicyclic) bond motifs is 1. The summed E-state index contributed by atoms with van der Waals surface area (Å²) in [7, 11) is 0. The summed E-state index contributed by atoms with van der Waals surface area (Å²) < 4.78 is 0. The molecule has 3 aromatic rings. The SMILES string of the molecule is CC(=O)NC(=Cc1cccc([N+](=O)[O-])c1)C(=O)Nc1cccc2ccccc12. The van der Waals surface area contributed by atoms with Gasteiger partial charge in [-0.05, 0) is 23.1 Å². The van der Waals surface area contributed by atoms with E-state index >= 15 is 0 Å². The van der Waals surface area contributed by atoms with Crippen molar-refractivity contribution in [1.29, 1.82) is 0 Å². The van der Waals surface area contributed by atoms with Gasteiger partial charge in [0.2, 0.25) is 5.91 Å². The molecule has 140 valence electrons. The molecule has 0 radical (unpaired) electrons. The van der Waals surface area contributed by atoms with Crippen LogP contribution >= 0.6 is 0 Å². The Balaban J connectivity index is 1.95. The standard InChI is InChI=1S/C21H17N3O4/c1-14(25)22-20(13-15-6-4-9-17(12-15)24(27)28)21(26)23-19-11-5-8-16-7-2-3-10-18(16)19/h2-13H,1H3,(H,22,25)(H,23,26). The minimum absolute atomic E-state index is 0.0130. The maximum Gasteiger partial charge on any atom is 0.272 e. The number of anilines is 1. The first-order valence-electron chi connectivity index (χ1n) is 8.47. The number of nitrogens with one attached hydrogen (secondary N) is 2. The number of amides is 2. The molecule has 0 aliphatic rings. The molecule has 0 fully saturated rings. The van der Waals surface area contributed by atoms with E-state index in [-0.39, 0.29) is 11.4 Å². The summed E-state index contributed by atoms with van der Waals surface area (Å²) in [5.74, 6) is -0.956. The quantitative estimate of drug-likeness (QED) is 0.402. The van der Waals surface area contributed by atoms with Crippen molar-refractivity contribution in [3.8, 4) is 0 Å². The summed E-state index contributed by atoms with van der Waals surface area (Å²) in [4.78, 5) is 34.8. The van der Waals surface area contributed by atoms with E-state index in [0.29, 0.717) is 11.3 Å². The molecule has 0 saturated carbocycles. The zero-order chi connectivity index (χ0) is 20.1. The molecule has 0 unspecified atom stereocenters. The Morgan fingerprint density at radius 3 is 2.46 bits per heavy atom. The Morgan fingerprint density at radius 2 is 1.71 bits per heavy atom. The van der Waals surface area contributed by atoms with E-state index in [0.717, 1.165) is 10.8 Å². The van der Waals surface area contributed by atoms with Crippen LogP contribution in [0.25, 0.3) is 16.8 Å². The van der Waals surface area contributed by atoms with Crippen LogP contribution in [0.5, 0.6) is 0 Å². The fourth-order valence-corrected chi connectivity index (χ4v) is 2.77. The fourth-order valence-electron chi connectivity index (χ4n) is 2.77. The van der Waals surface area contributed by atoms with Crippen LogP contribution in [-0.2, 0) is 9.59 Å². The first-order valence-corrected chi connectivity index (χ1v) is 8.47. The van der Waals surface area contributed by atoms with Gasteiger partial charge in [0.25, 0.3) is 11.6 Å². The zero-order valence-corrected chi connectivity index (χ0v) is 15.0. The van der Waals surface area contributed by atoms with E-state index in [1.54, 1.807) is 12.1 Å². The first-order chi connectivity index (χ1) is 13.4. The molecule has 3 aromatic carbocycles. The van der Waals surface area contributed by atoms with Crippen LogP contribution in [0.1, 0.15) is 12.5 Å². The molecule has 2 N–H and O–H groups in total. The topological polar surface area (TPSA) is 101 Å². The third-order valence-corrected chi connectivity index (χ3v) is 3.99. The molecule has 0 atom stereocenters. The second kappa shape index (κ2) is 8.13. The van der Waals surface area contributed by atoms with Crippen LogP contribution in [-0.4, -0.2) is 16.7 Å². The number of hydrogen-bond acceptors (Lipinski definition) is 4. The molecule has 7 nitrogen and oxygen atoms in total. The summed E-state index contributed by atoms with van der Waals surface area (Å²) in [6.45, 7) is 1.28. The summed E-state index contributed by atoms with van der Waals surface area (Å²) in [5, 5.41) is 18.0. The third kappa shape index (κ3) is 4.39. The molecular formula is C21H17N3O4. The van der Waals surface area contributed by atoms with Gasteiger partial charge < -0.3 is 10.6 Å². The smallest absolute Gasteiger partial charge is 0.272 e. The summed E-state index contributed by atoms with van der Waals surface area (Å²) in [5.41, 5.74) is 0.899. The number of rotatable bonds is 5. The normalized spacial score (nSPS) is 11.1. The molecule has 0 aliphatic carbocycles. The maximum atomic E-state index is 12.8. The van der Waals surface area contributed by atoms with Crippen molar-refractivity contribution in [1.82, 2.24) is 5.32 Å². The molecule has 0 aromatic heterocycles. The van der Waals surface area contributed by atoms with Gasteiger partial charge >= 0.3 is 0 Å². The van der Waals surface area contributed by atoms with E-state index in [1.807, 2.05) is 36.4 Å². The number of carbonyl (C=O) groups excluding carboxylic acids is 2. The molecule has 2 amide bonds. The lowest BCUT2D eigenvalue weighted by molar-refractivity contribution is -0.384. The highest BCUT2D eigenvalue weighted by Gasteiger charge is 2.14. The lowest BCUT2D eigenvalue weighted by Gasteiger charge is -2.12. The predicted molar refractivity (Wildman–Crippen MR) is 107 cm³/mol. The maximum absolute atomic E-state index is 12.8. The van der Waals surface area contributed by atoms with E-state index < -0.39 is 16.7 Å².